The van der Waals surface area contributed by atoms with Crippen molar-refractivity contribution in [2.45, 2.75) is 84.0 Å². The highest BCUT2D eigenvalue weighted by Gasteiger charge is 2.20. The lowest BCUT2D eigenvalue weighted by Gasteiger charge is -2.26. The Morgan fingerprint density at radius 2 is 2.00 bits per heavy atom. The SMILES string of the molecule is CCCCn1c(SCC(=O)NC2CCC(C)CC2)nc(C)c1C. The van der Waals surface area contributed by atoms with E-state index in [-0.39, 0.29) is 5.91 Å². The van der Waals surface area contributed by atoms with E-state index in [9.17, 15) is 4.79 Å². The van der Waals surface area contributed by atoms with Gasteiger partial charge in [0.25, 0.3) is 0 Å². The van der Waals surface area contributed by atoms with E-state index in [0.717, 1.165) is 42.6 Å². The molecule has 1 heterocycles. The number of unbranched alkanes of at least 4 members (excludes halogenated alkanes) is 1. The third-order valence-corrected chi connectivity index (χ3v) is 5.85. The second-order valence-corrected chi connectivity index (χ2v) is 7.83. The van der Waals surface area contributed by atoms with Gasteiger partial charge in [0.15, 0.2) is 5.16 Å². The van der Waals surface area contributed by atoms with Crippen LogP contribution in [0.5, 0.6) is 0 Å². The van der Waals surface area contributed by atoms with Gasteiger partial charge in [-0.2, -0.15) is 0 Å². The highest BCUT2D eigenvalue weighted by molar-refractivity contribution is 7.99. The molecule has 1 fully saturated rings. The van der Waals surface area contributed by atoms with Gasteiger partial charge in [-0.1, -0.05) is 32.0 Å². The fraction of sp³-hybridized carbons (Fsp3) is 0.778. The monoisotopic (exact) mass is 337 g/mol. The van der Waals surface area contributed by atoms with Crippen LogP contribution in [0.4, 0.5) is 0 Å². The summed E-state index contributed by atoms with van der Waals surface area (Å²) in [4.78, 5) is 16.9. The number of aryl methyl sites for hydroxylation is 1. The molecule has 0 aromatic carbocycles. The van der Waals surface area contributed by atoms with Crippen LogP contribution in [0.2, 0.25) is 0 Å². The molecule has 5 heteroatoms. The van der Waals surface area contributed by atoms with Crippen LogP contribution in [0.3, 0.4) is 0 Å². The molecule has 0 unspecified atom stereocenters. The number of thioether (sulfide) groups is 1. The van der Waals surface area contributed by atoms with Crippen molar-refractivity contribution in [1.82, 2.24) is 14.9 Å². The van der Waals surface area contributed by atoms with Crippen LogP contribution < -0.4 is 5.32 Å². The van der Waals surface area contributed by atoms with Crippen molar-refractivity contribution in [1.29, 1.82) is 0 Å². The molecule has 1 N–H and O–H groups in total. The van der Waals surface area contributed by atoms with Gasteiger partial charge in [0.05, 0.1) is 11.4 Å². The molecule has 0 radical (unpaired) electrons. The number of aromatic nitrogens is 2. The molecule has 1 amide bonds. The van der Waals surface area contributed by atoms with E-state index in [2.05, 4.69) is 35.6 Å². The first kappa shape index (κ1) is 18.4. The fourth-order valence-electron chi connectivity index (χ4n) is 3.12. The Morgan fingerprint density at radius 3 is 2.65 bits per heavy atom. The summed E-state index contributed by atoms with van der Waals surface area (Å²) in [7, 11) is 0. The summed E-state index contributed by atoms with van der Waals surface area (Å²) in [6.45, 7) is 9.66. The van der Waals surface area contributed by atoms with Gasteiger partial charge in [0, 0.05) is 18.3 Å². The summed E-state index contributed by atoms with van der Waals surface area (Å²) in [5, 5.41) is 4.18. The molecular formula is C18H31N3OS. The quantitative estimate of drug-likeness (QED) is 0.762. The maximum Gasteiger partial charge on any atom is 0.230 e. The van der Waals surface area contributed by atoms with Crippen molar-refractivity contribution >= 4 is 17.7 Å². The summed E-state index contributed by atoms with van der Waals surface area (Å²) in [6.07, 6.45) is 7.04. The van der Waals surface area contributed by atoms with Gasteiger partial charge in [-0.15, -0.1) is 0 Å². The number of amides is 1. The van der Waals surface area contributed by atoms with Crippen molar-refractivity contribution in [3.05, 3.63) is 11.4 Å². The standard InChI is InChI=1S/C18H31N3OS/c1-5-6-11-21-15(4)14(3)19-18(21)23-12-17(22)20-16-9-7-13(2)8-10-16/h13,16H,5-12H2,1-4H3,(H,20,22). The Labute approximate surface area is 144 Å². The number of hydrogen-bond acceptors (Lipinski definition) is 3. The molecule has 1 aromatic rings. The zero-order valence-corrected chi connectivity index (χ0v) is 15.8. The van der Waals surface area contributed by atoms with Crippen molar-refractivity contribution in [2.75, 3.05) is 5.75 Å². The van der Waals surface area contributed by atoms with E-state index in [0.29, 0.717) is 11.8 Å². The van der Waals surface area contributed by atoms with Gasteiger partial charge in [0.2, 0.25) is 5.91 Å². The number of hydrogen-bond donors (Lipinski definition) is 1. The summed E-state index contributed by atoms with van der Waals surface area (Å²) in [6, 6.07) is 0.377. The molecule has 0 bridgehead atoms. The van der Waals surface area contributed by atoms with E-state index in [1.54, 1.807) is 11.8 Å². The zero-order chi connectivity index (χ0) is 16.8. The topological polar surface area (TPSA) is 46.9 Å². The average molecular weight is 338 g/mol. The Bertz CT molecular complexity index is 519. The van der Waals surface area contributed by atoms with Crippen LogP contribution in [0, 0.1) is 19.8 Å². The minimum Gasteiger partial charge on any atom is -0.353 e. The van der Waals surface area contributed by atoms with E-state index < -0.39 is 0 Å². The predicted molar refractivity (Wildman–Crippen MR) is 96.9 cm³/mol. The van der Waals surface area contributed by atoms with Gasteiger partial charge in [-0.25, -0.2) is 4.98 Å². The highest BCUT2D eigenvalue weighted by atomic mass is 32.2. The summed E-state index contributed by atoms with van der Waals surface area (Å²) in [5.41, 5.74) is 2.30. The van der Waals surface area contributed by atoms with Crippen LogP contribution >= 0.6 is 11.8 Å². The molecule has 1 aliphatic carbocycles. The second-order valence-electron chi connectivity index (χ2n) is 6.88. The van der Waals surface area contributed by atoms with Gasteiger partial charge in [-0.3, -0.25) is 4.79 Å². The Hall–Kier alpha value is -0.970. The van der Waals surface area contributed by atoms with E-state index in [4.69, 9.17) is 0 Å². The molecular weight excluding hydrogens is 306 g/mol. The van der Waals surface area contributed by atoms with E-state index >= 15 is 0 Å². The molecule has 130 valence electrons. The first-order valence-corrected chi connectivity index (χ1v) is 9.95. The van der Waals surface area contributed by atoms with Gasteiger partial charge >= 0.3 is 0 Å². The molecule has 23 heavy (non-hydrogen) atoms. The van der Waals surface area contributed by atoms with Crippen LogP contribution in [0.25, 0.3) is 0 Å². The fourth-order valence-corrected chi connectivity index (χ4v) is 4.05. The first-order chi connectivity index (χ1) is 11.0. The number of nitrogens with one attached hydrogen (secondary N) is 1. The number of carbonyl (C=O) groups excluding carboxylic acids is 1. The average Bonchev–Trinajstić information content (AvgIpc) is 2.80. The number of rotatable bonds is 7. The van der Waals surface area contributed by atoms with Crippen molar-refractivity contribution < 1.29 is 4.79 Å². The molecule has 1 aromatic heterocycles. The third kappa shape index (κ3) is 5.27. The molecule has 0 spiro atoms. The highest BCUT2D eigenvalue weighted by Crippen LogP contribution is 2.24. The minimum absolute atomic E-state index is 0.148. The largest absolute Gasteiger partial charge is 0.353 e. The number of nitrogens with zero attached hydrogens (tertiary/aromatic N) is 2. The molecule has 1 saturated carbocycles. The summed E-state index contributed by atoms with van der Waals surface area (Å²) < 4.78 is 2.26. The lowest BCUT2D eigenvalue weighted by atomic mass is 9.87. The lowest BCUT2D eigenvalue weighted by molar-refractivity contribution is -0.119. The van der Waals surface area contributed by atoms with Crippen LogP contribution in [0.15, 0.2) is 5.16 Å². The summed E-state index contributed by atoms with van der Waals surface area (Å²) >= 11 is 1.57. The lowest BCUT2D eigenvalue weighted by Crippen LogP contribution is -2.38. The number of carbonyl (C=O) groups is 1. The maximum absolute atomic E-state index is 12.2. The maximum atomic E-state index is 12.2. The van der Waals surface area contributed by atoms with E-state index in [1.165, 1.54) is 25.0 Å². The smallest absolute Gasteiger partial charge is 0.230 e. The molecule has 1 aliphatic rings. The predicted octanol–water partition coefficient (Wildman–Crippen LogP) is 4.09. The molecule has 0 atom stereocenters. The Morgan fingerprint density at radius 1 is 1.30 bits per heavy atom. The van der Waals surface area contributed by atoms with Crippen LogP contribution in [0.1, 0.15) is 63.8 Å². The second kappa shape index (κ2) is 8.76. The van der Waals surface area contributed by atoms with Crippen LogP contribution in [-0.2, 0) is 11.3 Å². The minimum atomic E-state index is 0.148. The van der Waals surface area contributed by atoms with E-state index in [1.807, 2.05) is 6.92 Å². The summed E-state index contributed by atoms with van der Waals surface area (Å²) in [5.74, 6) is 1.43. The zero-order valence-electron chi connectivity index (χ0n) is 15.0. The number of imidazole rings is 1. The molecule has 0 saturated heterocycles. The van der Waals surface area contributed by atoms with Crippen molar-refractivity contribution in [3.8, 4) is 0 Å². The van der Waals surface area contributed by atoms with Gasteiger partial charge in [0.1, 0.15) is 0 Å². The first-order valence-electron chi connectivity index (χ1n) is 8.97. The van der Waals surface area contributed by atoms with Gasteiger partial charge < -0.3 is 9.88 Å². The normalized spacial score (nSPS) is 21.4. The Kier molecular flexibility index (Phi) is 7.00. The van der Waals surface area contributed by atoms with Crippen molar-refractivity contribution in [2.24, 2.45) is 5.92 Å². The molecule has 0 aliphatic heterocycles. The molecule has 4 nitrogen and oxygen atoms in total. The molecule has 2 rings (SSSR count). The third-order valence-electron chi connectivity index (χ3n) is 4.87. The van der Waals surface area contributed by atoms with Gasteiger partial charge in [-0.05, 0) is 51.9 Å². The Balaban J connectivity index is 1.85. The van der Waals surface area contributed by atoms with Crippen molar-refractivity contribution in [3.63, 3.8) is 0 Å². The van der Waals surface area contributed by atoms with Crippen LogP contribution in [-0.4, -0.2) is 27.3 Å².